The number of likely N-dealkylation sites (tertiary alicyclic amines) is 1. The van der Waals surface area contributed by atoms with Crippen molar-refractivity contribution in [2.24, 2.45) is 0 Å². The summed E-state index contributed by atoms with van der Waals surface area (Å²) in [6.07, 6.45) is 4.55. The molecule has 0 aromatic carbocycles. The van der Waals surface area contributed by atoms with Crippen LogP contribution < -0.4 is 0 Å². The fourth-order valence-corrected chi connectivity index (χ4v) is 3.37. The van der Waals surface area contributed by atoms with Crippen molar-refractivity contribution in [3.63, 3.8) is 0 Å². The average molecular weight is 339 g/mol. The Balaban J connectivity index is 1.77. The Morgan fingerprint density at radius 1 is 1.17 bits per heavy atom. The lowest BCUT2D eigenvalue weighted by molar-refractivity contribution is -0.138. The highest BCUT2D eigenvalue weighted by Gasteiger charge is 2.34. The number of rotatable bonds is 4. The first-order chi connectivity index (χ1) is 11.3. The average Bonchev–Trinajstić information content (AvgIpc) is 2.49. The quantitative estimate of drug-likeness (QED) is 0.789. The molecule has 2 aliphatic heterocycles. The second-order valence-electron chi connectivity index (χ2n) is 8.05. The Morgan fingerprint density at radius 2 is 1.83 bits per heavy atom. The first kappa shape index (κ1) is 19.0. The molecule has 0 saturated carbocycles. The molecule has 2 rings (SSSR count). The lowest BCUT2D eigenvalue weighted by Crippen LogP contribution is -2.57. The maximum atomic E-state index is 12.4. The summed E-state index contributed by atoms with van der Waals surface area (Å²) in [4.78, 5) is 30.5. The Labute approximate surface area is 146 Å². The molecule has 138 valence electrons. The van der Waals surface area contributed by atoms with Gasteiger partial charge in [0.1, 0.15) is 12.1 Å². The van der Waals surface area contributed by atoms with E-state index in [4.69, 9.17) is 4.74 Å². The topological polar surface area (TPSA) is 53.1 Å². The molecule has 6 heteroatoms. The molecular formula is C18H33N3O3. The number of carbonyl (C=O) groups is 2. The summed E-state index contributed by atoms with van der Waals surface area (Å²) in [6, 6.07) is -0.00691. The summed E-state index contributed by atoms with van der Waals surface area (Å²) in [6.45, 7) is 12.5. The smallest absolute Gasteiger partial charge is 0.411 e. The molecule has 24 heavy (non-hydrogen) atoms. The highest BCUT2D eigenvalue weighted by Crippen LogP contribution is 2.17. The summed E-state index contributed by atoms with van der Waals surface area (Å²) in [7, 11) is 0. The molecule has 0 N–H and O–H groups in total. The van der Waals surface area contributed by atoms with Gasteiger partial charge >= 0.3 is 6.09 Å². The number of carbonyl (C=O) groups excluding carboxylic acids is 2. The lowest BCUT2D eigenvalue weighted by atomic mass is 10.1. The van der Waals surface area contributed by atoms with Gasteiger partial charge in [-0.1, -0.05) is 6.42 Å². The normalized spacial score (nSPS) is 23.5. The van der Waals surface area contributed by atoms with Gasteiger partial charge in [-0.15, -0.1) is 0 Å². The molecule has 0 aromatic rings. The van der Waals surface area contributed by atoms with Crippen LogP contribution in [0.5, 0.6) is 0 Å². The van der Waals surface area contributed by atoms with Crippen molar-refractivity contribution < 1.29 is 14.3 Å². The van der Waals surface area contributed by atoms with Crippen molar-refractivity contribution in [3.8, 4) is 0 Å². The van der Waals surface area contributed by atoms with Crippen molar-refractivity contribution in [3.05, 3.63) is 0 Å². The van der Waals surface area contributed by atoms with Crippen molar-refractivity contribution >= 4 is 12.0 Å². The number of nitrogens with zero attached hydrogens (tertiary/aromatic N) is 3. The van der Waals surface area contributed by atoms with E-state index in [0.717, 1.165) is 19.5 Å². The largest absolute Gasteiger partial charge is 0.444 e. The van der Waals surface area contributed by atoms with Crippen LogP contribution >= 0.6 is 0 Å². The minimum absolute atomic E-state index is 0.00691. The van der Waals surface area contributed by atoms with Crippen molar-refractivity contribution in [1.82, 2.24) is 14.7 Å². The molecule has 0 aromatic heterocycles. The van der Waals surface area contributed by atoms with Crippen molar-refractivity contribution in [1.29, 1.82) is 0 Å². The van der Waals surface area contributed by atoms with Gasteiger partial charge in [-0.25, -0.2) is 4.79 Å². The molecule has 0 spiro atoms. The maximum absolute atomic E-state index is 12.4. The van der Waals surface area contributed by atoms with E-state index in [1.807, 2.05) is 32.6 Å². The van der Waals surface area contributed by atoms with E-state index < -0.39 is 11.7 Å². The standard InChI is InChI=1S/C18H33N3O3/c1-15-13-20(12-8-11-19-9-6-5-7-10-19)16(22)14-21(15)17(23)24-18(2,3)4/h15H,5-14H2,1-4H3/t15-/m1/s1. The monoisotopic (exact) mass is 339 g/mol. The van der Waals surface area contributed by atoms with Crippen LogP contribution in [-0.4, -0.2) is 77.6 Å². The van der Waals surface area contributed by atoms with Crippen LogP contribution in [0.4, 0.5) is 4.79 Å². The fourth-order valence-electron chi connectivity index (χ4n) is 3.37. The SMILES string of the molecule is C[C@@H]1CN(CCCN2CCCCC2)C(=O)CN1C(=O)OC(C)(C)C. The number of ether oxygens (including phenoxy) is 1. The first-order valence-corrected chi connectivity index (χ1v) is 9.26. The van der Waals surface area contributed by atoms with Crippen LogP contribution in [0, 0.1) is 0 Å². The second kappa shape index (κ2) is 8.19. The van der Waals surface area contributed by atoms with Gasteiger partial charge in [0.15, 0.2) is 0 Å². The molecule has 0 aliphatic carbocycles. The number of hydrogen-bond donors (Lipinski definition) is 0. The summed E-state index contributed by atoms with van der Waals surface area (Å²) >= 11 is 0. The third-order valence-corrected chi connectivity index (χ3v) is 4.65. The van der Waals surface area contributed by atoms with E-state index in [-0.39, 0.29) is 18.5 Å². The molecule has 2 saturated heterocycles. The zero-order chi connectivity index (χ0) is 17.7. The van der Waals surface area contributed by atoms with Gasteiger partial charge in [-0.2, -0.15) is 0 Å². The van der Waals surface area contributed by atoms with E-state index in [1.165, 1.54) is 32.4 Å². The summed E-state index contributed by atoms with van der Waals surface area (Å²) in [5.74, 6) is 0.0256. The third kappa shape index (κ3) is 5.65. The second-order valence-corrected chi connectivity index (χ2v) is 8.05. The number of hydrogen-bond acceptors (Lipinski definition) is 4. The fraction of sp³-hybridized carbons (Fsp3) is 0.889. The highest BCUT2D eigenvalue weighted by molar-refractivity contribution is 5.84. The number of piperazine rings is 1. The molecule has 2 aliphatic rings. The van der Waals surface area contributed by atoms with Crippen LogP contribution in [0.1, 0.15) is 53.4 Å². The van der Waals surface area contributed by atoms with Crippen LogP contribution in [0.3, 0.4) is 0 Å². The molecule has 0 radical (unpaired) electrons. The molecule has 0 bridgehead atoms. The van der Waals surface area contributed by atoms with Gasteiger partial charge in [0.25, 0.3) is 0 Å². The van der Waals surface area contributed by atoms with Crippen LogP contribution in [0.15, 0.2) is 0 Å². The summed E-state index contributed by atoms with van der Waals surface area (Å²) < 4.78 is 5.40. The van der Waals surface area contributed by atoms with Crippen molar-refractivity contribution in [2.75, 3.05) is 39.3 Å². The number of amides is 2. The highest BCUT2D eigenvalue weighted by atomic mass is 16.6. The van der Waals surface area contributed by atoms with E-state index in [2.05, 4.69) is 4.90 Å². The van der Waals surface area contributed by atoms with Crippen LogP contribution in [0.25, 0.3) is 0 Å². The minimum Gasteiger partial charge on any atom is -0.444 e. The molecule has 6 nitrogen and oxygen atoms in total. The molecule has 1 atom stereocenters. The van der Waals surface area contributed by atoms with E-state index in [9.17, 15) is 9.59 Å². The Morgan fingerprint density at radius 3 is 2.46 bits per heavy atom. The molecular weight excluding hydrogens is 306 g/mol. The summed E-state index contributed by atoms with van der Waals surface area (Å²) in [5, 5.41) is 0. The molecule has 0 unspecified atom stereocenters. The van der Waals surface area contributed by atoms with Gasteiger partial charge in [0.2, 0.25) is 5.91 Å². The maximum Gasteiger partial charge on any atom is 0.411 e. The van der Waals surface area contributed by atoms with E-state index in [0.29, 0.717) is 6.54 Å². The Bertz CT molecular complexity index is 441. The third-order valence-electron chi connectivity index (χ3n) is 4.65. The van der Waals surface area contributed by atoms with Crippen LogP contribution in [0.2, 0.25) is 0 Å². The number of piperidine rings is 1. The van der Waals surface area contributed by atoms with Gasteiger partial charge in [-0.05, 0) is 66.6 Å². The van der Waals surface area contributed by atoms with Crippen LogP contribution in [-0.2, 0) is 9.53 Å². The van der Waals surface area contributed by atoms with Gasteiger partial charge < -0.3 is 14.5 Å². The lowest BCUT2D eigenvalue weighted by Gasteiger charge is -2.40. The van der Waals surface area contributed by atoms with E-state index in [1.54, 1.807) is 4.90 Å². The zero-order valence-corrected chi connectivity index (χ0v) is 15.7. The molecule has 2 fully saturated rings. The van der Waals surface area contributed by atoms with Gasteiger partial charge in [0.05, 0.1) is 6.04 Å². The molecule has 2 heterocycles. The summed E-state index contributed by atoms with van der Waals surface area (Å²) in [5.41, 5.74) is -0.536. The molecule has 2 amide bonds. The van der Waals surface area contributed by atoms with Gasteiger partial charge in [-0.3, -0.25) is 9.69 Å². The zero-order valence-electron chi connectivity index (χ0n) is 15.7. The Hall–Kier alpha value is -1.30. The Kier molecular flexibility index (Phi) is 6.49. The predicted octanol–water partition coefficient (Wildman–Crippen LogP) is 2.33. The minimum atomic E-state index is -0.536. The predicted molar refractivity (Wildman–Crippen MR) is 93.9 cm³/mol. The first-order valence-electron chi connectivity index (χ1n) is 9.26. The van der Waals surface area contributed by atoms with E-state index >= 15 is 0 Å². The van der Waals surface area contributed by atoms with Gasteiger partial charge in [0, 0.05) is 13.1 Å². The van der Waals surface area contributed by atoms with Crippen molar-refractivity contribution in [2.45, 2.75) is 65.0 Å².